The minimum Gasteiger partial charge on any atom is -0.349 e. The van der Waals surface area contributed by atoms with Crippen LogP contribution < -0.4 is 5.32 Å². The second kappa shape index (κ2) is 7.75. The number of rotatable bonds is 5. The van der Waals surface area contributed by atoms with Crippen LogP contribution in [0.15, 0.2) is 54.6 Å². The fourth-order valence-electron chi connectivity index (χ4n) is 3.06. The van der Waals surface area contributed by atoms with E-state index in [1.807, 2.05) is 80.1 Å². The molecular formula is C21H22ClN3O. The van der Waals surface area contributed by atoms with Crippen LogP contribution in [-0.4, -0.2) is 15.7 Å². The van der Waals surface area contributed by atoms with Gasteiger partial charge in [-0.25, -0.2) is 4.68 Å². The third kappa shape index (κ3) is 3.97. The van der Waals surface area contributed by atoms with Crippen molar-refractivity contribution in [2.45, 2.75) is 33.2 Å². The minimum absolute atomic E-state index is 0.0312. The molecule has 0 aliphatic rings. The molecule has 1 heterocycles. The van der Waals surface area contributed by atoms with Crippen molar-refractivity contribution in [3.05, 3.63) is 82.1 Å². The number of carbonyl (C=O) groups excluding carboxylic acids is 1. The lowest BCUT2D eigenvalue weighted by molar-refractivity contribution is -0.121. The summed E-state index contributed by atoms with van der Waals surface area (Å²) in [6, 6.07) is 17.4. The molecule has 1 amide bonds. The zero-order valence-corrected chi connectivity index (χ0v) is 15.9. The summed E-state index contributed by atoms with van der Waals surface area (Å²) in [4.78, 5) is 12.6. The lowest BCUT2D eigenvalue weighted by atomic mass is 10.1. The normalized spacial score (nSPS) is 12.0. The summed E-state index contributed by atoms with van der Waals surface area (Å²) in [5.41, 5.74) is 4.80. The Labute approximate surface area is 158 Å². The Morgan fingerprint density at radius 3 is 2.58 bits per heavy atom. The van der Waals surface area contributed by atoms with Crippen LogP contribution in [0.5, 0.6) is 0 Å². The van der Waals surface area contributed by atoms with Crippen molar-refractivity contribution in [1.29, 1.82) is 0 Å². The van der Waals surface area contributed by atoms with Crippen LogP contribution in [0.25, 0.3) is 5.69 Å². The first kappa shape index (κ1) is 18.2. The maximum absolute atomic E-state index is 12.6. The number of benzene rings is 2. The Morgan fingerprint density at radius 2 is 1.88 bits per heavy atom. The summed E-state index contributed by atoms with van der Waals surface area (Å²) in [5, 5.41) is 8.31. The van der Waals surface area contributed by atoms with Crippen molar-refractivity contribution < 1.29 is 4.79 Å². The number of hydrogen-bond donors (Lipinski definition) is 1. The van der Waals surface area contributed by atoms with Crippen LogP contribution in [0, 0.1) is 13.8 Å². The quantitative estimate of drug-likeness (QED) is 0.718. The van der Waals surface area contributed by atoms with Gasteiger partial charge in [0.2, 0.25) is 5.91 Å². The summed E-state index contributed by atoms with van der Waals surface area (Å²) >= 11 is 6.03. The highest BCUT2D eigenvalue weighted by atomic mass is 35.5. The topological polar surface area (TPSA) is 46.9 Å². The van der Waals surface area contributed by atoms with Gasteiger partial charge < -0.3 is 5.32 Å². The number of amides is 1. The number of aromatic nitrogens is 2. The number of carbonyl (C=O) groups is 1. The van der Waals surface area contributed by atoms with E-state index >= 15 is 0 Å². The Hall–Kier alpha value is -2.59. The number of hydrogen-bond acceptors (Lipinski definition) is 2. The molecule has 0 spiro atoms. The molecule has 5 heteroatoms. The molecule has 134 valence electrons. The van der Waals surface area contributed by atoms with E-state index in [0.717, 1.165) is 28.2 Å². The number of aryl methyl sites for hydroxylation is 1. The minimum atomic E-state index is -0.106. The first-order valence-corrected chi connectivity index (χ1v) is 8.99. The van der Waals surface area contributed by atoms with E-state index < -0.39 is 0 Å². The van der Waals surface area contributed by atoms with E-state index in [-0.39, 0.29) is 11.9 Å². The molecular weight excluding hydrogens is 346 g/mol. The van der Waals surface area contributed by atoms with Crippen molar-refractivity contribution >= 4 is 17.5 Å². The molecule has 1 atom stereocenters. The molecule has 0 radical (unpaired) electrons. The van der Waals surface area contributed by atoms with Crippen molar-refractivity contribution in [2.24, 2.45) is 0 Å². The lowest BCUT2D eigenvalue weighted by Crippen LogP contribution is -2.28. The summed E-state index contributed by atoms with van der Waals surface area (Å²) in [7, 11) is 0. The third-order valence-electron chi connectivity index (χ3n) is 4.51. The molecule has 26 heavy (non-hydrogen) atoms. The van der Waals surface area contributed by atoms with Crippen molar-refractivity contribution in [2.75, 3.05) is 0 Å². The fourth-order valence-corrected chi connectivity index (χ4v) is 3.26. The zero-order valence-electron chi connectivity index (χ0n) is 15.2. The average Bonchev–Trinajstić information content (AvgIpc) is 2.90. The molecule has 0 saturated carbocycles. The van der Waals surface area contributed by atoms with E-state index in [1.165, 1.54) is 0 Å². The van der Waals surface area contributed by atoms with E-state index in [2.05, 4.69) is 10.4 Å². The molecule has 4 nitrogen and oxygen atoms in total. The van der Waals surface area contributed by atoms with E-state index in [9.17, 15) is 4.79 Å². The van der Waals surface area contributed by atoms with Gasteiger partial charge in [-0.05, 0) is 50.6 Å². The van der Waals surface area contributed by atoms with Gasteiger partial charge in [-0.2, -0.15) is 5.10 Å². The zero-order chi connectivity index (χ0) is 18.7. The number of nitrogens with zero attached hydrogens (tertiary/aromatic N) is 2. The van der Waals surface area contributed by atoms with Crippen LogP contribution in [0.4, 0.5) is 0 Å². The van der Waals surface area contributed by atoms with Gasteiger partial charge in [-0.3, -0.25) is 4.79 Å². The molecule has 3 rings (SSSR count). The highest BCUT2D eigenvalue weighted by Gasteiger charge is 2.17. The Balaban J connectivity index is 1.75. The molecule has 2 aromatic carbocycles. The highest BCUT2D eigenvalue weighted by Crippen LogP contribution is 2.20. The van der Waals surface area contributed by atoms with E-state index in [0.29, 0.717) is 11.4 Å². The van der Waals surface area contributed by atoms with Gasteiger partial charge in [0.1, 0.15) is 0 Å². The van der Waals surface area contributed by atoms with Crippen LogP contribution in [0.1, 0.15) is 35.5 Å². The molecule has 0 saturated heterocycles. The molecule has 0 fully saturated rings. The van der Waals surface area contributed by atoms with Crippen molar-refractivity contribution in [3.63, 3.8) is 0 Å². The number of halogens is 1. The molecule has 0 unspecified atom stereocenters. The summed E-state index contributed by atoms with van der Waals surface area (Å²) < 4.78 is 1.89. The summed E-state index contributed by atoms with van der Waals surface area (Å²) in [6.07, 6.45) is 0.301. The predicted octanol–water partition coefficient (Wildman–Crippen LogP) is 4.56. The fraction of sp³-hybridized carbons (Fsp3) is 0.238. The van der Waals surface area contributed by atoms with Gasteiger partial charge in [0.25, 0.3) is 0 Å². The first-order valence-electron chi connectivity index (χ1n) is 8.61. The van der Waals surface area contributed by atoms with Crippen LogP contribution in [0.3, 0.4) is 0 Å². The van der Waals surface area contributed by atoms with E-state index in [1.54, 1.807) is 0 Å². The van der Waals surface area contributed by atoms with Crippen molar-refractivity contribution in [3.8, 4) is 5.69 Å². The molecule has 0 aliphatic carbocycles. The molecule has 1 aromatic heterocycles. The Morgan fingerprint density at radius 1 is 1.15 bits per heavy atom. The monoisotopic (exact) mass is 367 g/mol. The smallest absolute Gasteiger partial charge is 0.225 e. The highest BCUT2D eigenvalue weighted by molar-refractivity contribution is 6.30. The third-order valence-corrected chi connectivity index (χ3v) is 4.74. The number of para-hydroxylation sites is 1. The standard InChI is InChI=1S/C21H22ClN3O/c1-14(17-8-7-9-18(22)12-17)23-21(26)13-20-15(2)24-25(16(20)3)19-10-5-4-6-11-19/h4-12,14H,13H2,1-3H3,(H,23,26)/t14-/m1/s1. The average molecular weight is 368 g/mol. The predicted molar refractivity (Wildman–Crippen MR) is 105 cm³/mol. The van der Waals surface area contributed by atoms with Crippen LogP contribution in [0.2, 0.25) is 5.02 Å². The Kier molecular flexibility index (Phi) is 5.43. The van der Waals surface area contributed by atoms with Gasteiger partial charge in [0, 0.05) is 16.3 Å². The lowest BCUT2D eigenvalue weighted by Gasteiger charge is -2.15. The molecule has 1 N–H and O–H groups in total. The van der Waals surface area contributed by atoms with Gasteiger partial charge in [0.15, 0.2) is 0 Å². The second-order valence-electron chi connectivity index (χ2n) is 6.42. The molecule has 0 bridgehead atoms. The van der Waals surface area contributed by atoms with Crippen LogP contribution >= 0.6 is 11.6 Å². The summed E-state index contributed by atoms with van der Waals surface area (Å²) in [5.74, 6) is -0.0312. The molecule has 3 aromatic rings. The Bertz CT molecular complexity index is 918. The maximum atomic E-state index is 12.6. The number of nitrogens with one attached hydrogen (secondary N) is 1. The van der Waals surface area contributed by atoms with Gasteiger partial charge in [0.05, 0.1) is 23.8 Å². The first-order chi connectivity index (χ1) is 12.5. The molecule has 0 aliphatic heterocycles. The van der Waals surface area contributed by atoms with Gasteiger partial charge in [-0.15, -0.1) is 0 Å². The van der Waals surface area contributed by atoms with E-state index in [4.69, 9.17) is 11.6 Å². The maximum Gasteiger partial charge on any atom is 0.225 e. The van der Waals surface area contributed by atoms with Gasteiger partial charge >= 0.3 is 0 Å². The van der Waals surface area contributed by atoms with Crippen LogP contribution in [-0.2, 0) is 11.2 Å². The second-order valence-corrected chi connectivity index (χ2v) is 6.85. The SMILES string of the molecule is Cc1nn(-c2ccccc2)c(C)c1CC(=O)N[C@H](C)c1cccc(Cl)c1. The van der Waals surface area contributed by atoms with Gasteiger partial charge in [-0.1, -0.05) is 41.9 Å². The summed E-state index contributed by atoms with van der Waals surface area (Å²) in [6.45, 7) is 5.89. The largest absolute Gasteiger partial charge is 0.349 e. The van der Waals surface area contributed by atoms with Crippen molar-refractivity contribution in [1.82, 2.24) is 15.1 Å².